The van der Waals surface area contributed by atoms with E-state index in [9.17, 15) is 13.2 Å². The van der Waals surface area contributed by atoms with Gasteiger partial charge in [-0.1, -0.05) is 30.3 Å². The van der Waals surface area contributed by atoms with Gasteiger partial charge in [0, 0.05) is 24.6 Å². The van der Waals surface area contributed by atoms with E-state index >= 15 is 0 Å². The summed E-state index contributed by atoms with van der Waals surface area (Å²) in [6.07, 6.45) is 3.36. The van der Waals surface area contributed by atoms with Gasteiger partial charge in [0.15, 0.2) is 0 Å². The molecule has 1 atom stereocenters. The highest BCUT2D eigenvalue weighted by atomic mass is 32.2. The monoisotopic (exact) mass is 345 g/mol. The van der Waals surface area contributed by atoms with Crippen LogP contribution < -0.4 is 10.3 Å². The Balaban J connectivity index is 1.71. The van der Waals surface area contributed by atoms with Gasteiger partial charge in [0.2, 0.25) is 10.0 Å². The van der Waals surface area contributed by atoms with Gasteiger partial charge in [-0.15, -0.1) is 0 Å². The number of nitrogens with one attached hydrogen (secondary N) is 1. The molecule has 1 unspecified atom stereocenters. The van der Waals surface area contributed by atoms with Gasteiger partial charge in [-0.2, -0.15) is 5.10 Å². The van der Waals surface area contributed by atoms with Crippen LogP contribution in [-0.4, -0.2) is 24.2 Å². The van der Waals surface area contributed by atoms with Gasteiger partial charge < -0.3 is 0 Å². The van der Waals surface area contributed by atoms with Gasteiger partial charge in [0.1, 0.15) is 0 Å². The van der Waals surface area contributed by atoms with Crippen LogP contribution in [0.3, 0.4) is 0 Å². The molecule has 1 aliphatic carbocycles. The standard InChI is InChI=1S/C17H19N3O3S/c1-20-17(21)12-14-11-15(7-8-16(14)18-20)19-24(22,23)10-9-13-5-3-2-4-6-13/h2-6,9-10,12,15,19H,7-8,11H2,1H3/b10-9+. The van der Waals surface area contributed by atoms with E-state index in [0.717, 1.165) is 16.8 Å². The van der Waals surface area contributed by atoms with E-state index in [1.54, 1.807) is 19.2 Å². The summed E-state index contributed by atoms with van der Waals surface area (Å²) in [6.45, 7) is 0. The zero-order valence-corrected chi connectivity index (χ0v) is 14.2. The third kappa shape index (κ3) is 3.98. The third-order valence-corrected chi connectivity index (χ3v) is 5.18. The number of benzene rings is 1. The number of aryl methyl sites for hydroxylation is 2. The second-order valence-corrected chi connectivity index (χ2v) is 7.49. The lowest BCUT2D eigenvalue weighted by molar-refractivity contribution is 0.495. The van der Waals surface area contributed by atoms with Crippen molar-refractivity contribution in [2.45, 2.75) is 25.3 Å². The van der Waals surface area contributed by atoms with Crippen molar-refractivity contribution in [1.29, 1.82) is 0 Å². The molecule has 1 aliphatic rings. The second kappa shape index (κ2) is 6.70. The molecule has 1 aromatic carbocycles. The summed E-state index contributed by atoms with van der Waals surface area (Å²) >= 11 is 0. The summed E-state index contributed by atoms with van der Waals surface area (Å²) in [5.41, 5.74) is 2.34. The van der Waals surface area contributed by atoms with Crippen molar-refractivity contribution in [3.8, 4) is 0 Å². The van der Waals surface area contributed by atoms with E-state index in [1.165, 1.54) is 10.1 Å². The van der Waals surface area contributed by atoms with Crippen LogP contribution in [0.4, 0.5) is 0 Å². The van der Waals surface area contributed by atoms with E-state index in [-0.39, 0.29) is 11.6 Å². The average Bonchev–Trinajstić information content (AvgIpc) is 2.55. The molecule has 0 saturated heterocycles. The fraction of sp³-hybridized carbons (Fsp3) is 0.294. The Hall–Kier alpha value is -2.25. The van der Waals surface area contributed by atoms with Crippen LogP contribution in [-0.2, 0) is 29.9 Å². The molecule has 3 rings (SSSR count). The lowest BCUT2D eigenvalue weighted by Gasteiger charge is -2.24. The number of hydrogen-bond donors (Lipinski definition) is 1. The highest BCUT2D eigenvalue weighted by molar-refractivity contribution is 7.92. The van der Waals surface area contributed by atoms with E-state index < -0.39 is 10.0 Å². The van der Waals surface area contributed by atoms with E-state index in [2.05, 4.69) is 9.82 Å². The first kappa shape index (κ1) is 16.6. The Morgan fingerprint density at radius 1 is 1.29 bits per heavy atom. The van der Waals surface area contributed by atoms with Crippen molar-refractivity contribution < 1.29 is 8.42 Å². The molecular weight excluding hydrogens is 326 g/mol. The van der Waals surface area contributed by atoms with E-state index in [0.29, 0.717) is 19.3 Å². The average molecular weight is 345 g/mol. The predicted octanol–water partition coefficient (Wildman–Crippen LogP) is 1.23. The summed E-state index contributed by atoms with van der Waals surface area (Å²) in [5, 5.41) is 5.41. The Labute approximate surface area is 140 Å². The van der Waals surface area contributed by atoms with E-state index in [1.807, 2.05) is 30.3 Å². The highest BCUT2D eigenvalue weighted by Crippen LogP contribution is 2.18. The summed E-state index contributed by atoms with van der Waals surface area (Å²) in [5.74, 6) is 0. The topological polar surface area (TPSA) is 81.1 Å². The van der Waals surface area contributed by atoms with Crippen molar-refractivity contribution in [3.63, 3.8) is 0 Å². The van der Waals surface area contributed by atoms with Crippen molar-refractivity contribution >= 4 is 16.1 Å². The van der Waals surface area contributed by atoms with Gasteiger partial charge in [-0.05, 0) is 36.5 Å². The molecule has 0 saturated carbocycles. The van der Waals surface area contributed by atoms with Crippen LogP contribution in [0.5, 0.6) is 0 Å². The number of rotatable bonds is 4. The zero-order valence-electron chi connectivity index (χ0n) is 13.3. The SMILES string of the molecule is Cn1nc2c(cc1=O)CC(NS(=O)(=O)/C=C/c1ccccc1)CC2. The van der Waals surface area contributed by atoms with Crippen molar-refractivity contribution in [1.82, 2.24) is 14.5 Å². The number of nitrogens with zero attached hydrogens (tertiary/aromatic N) is 2. The van der Waals surface area contributed by atoms with Crippen LogP contribution >= 0.6 is 0 Å². The maximum Gasteiger partial charge on any atom is 0.266 e. The molecule has 0 radical (unpaired) electrons. The maximum atomic E-state index is 12.2. The summed E-state index contributed by atoms with van der Waals surface area (Å²) in [7, 11) is -1.92. The minimum atomic E-state index is -3.53. The Morgan fingerprint density at radius 3 is 2.79 bits per heavy atom. The minimum Gasteiger partial charge on any atom is -0.268 e. The molecule has 0 bridgehead atoms. The van der Waals surface area contributed by atoms with Crippen molar-refractivity contribution in [2.24, 2.45) is 7.05 Å². The molecular formula is C17H19N3O3S. The molecule has 1 N–H and O–H groups in total. The molecule has 0 aliphatic heterocycles. The Bertz CT molecular complexity index is 918. The van der Waals surface area contributed by atoms with Crippen molar-refractivity contribution in [3.05, 3.63) is 69.0 Å². The second-order valence-electron chi connectivity index (χ2n) is 5.89. The molecule has 24 heavy (non-hydrogen) atoms. The first-order valence-electron chi connectivity index (χ1n) is 7.74. The molecule has 0 amide bonds. The van der Waals surface area contributed by atoms with Crippen LogP contribution in [0.1, 0.15) is 23.2 Å². The largest absolute Gasteiger partial charge is 0.268 e. The number of hydrogen-bond acceptors (Lipinski definition) is 4. The van der Waals surface area contributed by atoms with Crippen LogP contribution in [0.15, 0.2) is 46.6 Å². The quantitative estimate of drug-likeness (QED) is 0.904. The van der Waals surface area contributed by atoms with Crippen molar-refractivity contribution in [2.75, 3.05) is 0 Å². The van der Waals surface area contributed by atoms with Gasteiger partial charge in [0.05, 0.1) is 5.69 Å². The molecule has 1 aromatic heterocycles. The smallest absolute Gasteiger partial charge is 0.266 e. The molecule has 7 heteroatoms. The van der Waals surface area contributed by atoms with Crippen LogP contribution in [0.25, 0.3) is 6.08 Å². The summed E-state index contributed by atoms with van der Waals surface area (Å²) < 4.78 is 28.5. The number of aromatic nitrogens is 2. The molecule has 0 fully saturated rings. The summed E-state index contributed by atoms with van der Waals surface area (Å²) in [4.78, 5) is 11.7. The fourth-order valence-electron chi connectivity index (χ4n) is 2.79. The number of sulfonamides is 1. The van der Waals surface area contributed by atoms with Gasteiger partial charge in [-0.3, -0.25) is 4.79 Å². The van der Waals surface area contributed by atoms with Gasteiger partial charge in [0.25, 0.3) is 5.56 Å². The molecule has 126 valence electrons. The van der Waals surface area contributed by atoms with Crippen LogP contribution in [0, 0.1) is 0 Å². The lowest BCUT2D eigenvalue weighted by Crippen LogP contribution is -2.39. The van der Waals surface area contributed by atoms with Gasteiger partial charge in [-0.25, -0.2) is 17.8 Å². The zero-order chi connectivity index (χ0) is 17.2. The minimum absolute atomic E-state index is 0.179. The lowest BCUT2D eigenvalue weighted by atomic mass is 9.93. The third-order valence-electron chi connectivity index (χ3n) is 4.02. The molecule has 2 aromatic rings. The maximum absolute atomic E-state index is 12.2. The highest BCUT2D eigenvalue weighted by Gasteiger charge is 2.23. The predicted molar refractivity (Wildman–Crippen MR) is 92.8 cm³/mol. The molecule has 1 heterocycles. The first-order valence-corrected chi connectivity index (χ1v) is 9.29. The number of fused-ring (bicyclic) bond motifs is 1. The fourth-order valence-corrected chi connectivity index (χ4v) is 3.87. The Morgan fingerprint density at radius 2 is 2.04 bits per heavy atom. The van der Waals surface area contributed by atoms with Crippen LogP contribution in [0.2, 0.25) is 0 Å². The normalized spacial score (nSPS) is 17.8. The molecule has 0 spiro atoms. The van der Waals surface area contributed by atoms with Gasteiger partial charge >= 0.3 is 0 Å². The first-order chi connectivity index (χ1) is 11.4. The Kier molecular flexibility index (Phi) is 4.64. The van der Waals surface area contributed by atoms with E-state index in [4.69, 9.17) is 0 Å². The molecule has 6 nitrogen and oxygen atoms in total. The summed E-state index contributed by atoms with van der Waals surface area (Å²) in [6, 6.07) is 10.6.